The van der Waals surface area contributed by atoms with Gasteiger partial charge in [-0.1, -0.05) is 37.3 Å². The first kappa shape index (κ1) is 34.4. The molecule has 3 rings (SSSR count). The van der Waals surface area contributed by atoms with E-state index in [9.17, 15) is 34.5 Å². The van der Waals surface area contributed by atoms with Crippen LogP contribution >= 0.6 is 0 Å². The molecular weight excluding hydrogens is 564 g/mol. The van der Waals surface area contributed by atoms with Crippen LogP contribution in [0.4, 0.5) is 0 Å². The number of amides is 1. The van der Waals surface area contributed by atoms with Crippen molar-refractivity contribution >= 4 is 23.8 Å². The predicted octanol–water partition coefficient (Wildman–Crippen LogP) is -0.388. The molecule has 13 nitrogen and oxygen atoms in total. The maximum atomic E-state index is 13.3. The number of carbonyl (C=O) groups excluding carboxylic acids is 4. The Balaban J connectivity index is 1.95. The predicted molar refractivity (Wildman–Crippen MR) is 151 cm³/mol. The second kappa shape index (κ2) is 15.6. The van der Waals surface area contributed by atoms with Gasteiger partial charge in [0.1, 0.15) is 0 Å². The van der Waals surface area contributed by atoms with E-state index < -0.39 is 96.9 Å². The Labute approximate surface area is 251 Å². The van der Waals surface area contributed by atoms with Crippen molar-refractivity contribution in [3.8, 4) is 0 Å². The lowest BCUT2D eigenvalue weighted by Crippen LogP contribution is -2.65. The molecule has 6 N–H and O–H groups in total. The Morgan fingerprint density at radius 1 is 0.953 bits per heavy atom. The van der Waals surface area contributed by atoms with Crippen LogP contribution in [0.15, 0.2) is 30.3 Å². The van der Waals surface area contributed by atoms with Gasteiger partial charge in [-0.15, -0.1) is 0 Å². The SMILES string of the molecule is CC(=O)OCC1CC(OC2CC(O)C(C)C(O)C2CO)C(OC(C)=O)C(OC(C)=O)C1NC(=O)C(N)Cc1ccccc1. The number of ether oxygens (including phenoxy) is 4. The highest BCUT2D eigenvalue weighted by molar-refractivity contribution is 5.82. The van der Waals surface area contributed by atoms with Gasteiger partial charge in [-0.25, -0.2) is 0 Å². The van der Waals surface area contributed by atoms with Crippen LogP contribution in [-0.4, -0.2) is 101 Å². The zero-order chi connectivity index (χ0) is 31.8. The largest absolute Gasteiger partial charge is 0.465 e. The first-order valence-corrected chi connectivity index (χ1v) is 14.5. The first-order chi connectivity index (χ1) is 20.3. The quantitative estimate of drug-likeness (QED) is 0.161. The molecule has 0 radical (unpaired) electrons. The molecule has 1 amide bonds. The molecule has 0 heterocycles. The van der Waals surface area contributed by atoms with Crippen molar-refractivity contribution in [1.29, 1.82) is 0 Å². The maximum Gasteiger partial charge on any atom is 0.303 e. The van der Waals surface area contributed by atoms with E-state index in [0.29, 0.717) is 0 Å². The standard InChI is InChI=1S/C30H44N2O11/c1-15-23(37)12-24(21(13-33)27(15)38)43-25-11-20(14-40-16(2)34)26(29(42-18(4)36)28(25)41-17(3)35)32-30(39)22(31)10-19-8-6-5-7-9-19/h5-9,15,20-29,33,37-38H,10-14,31H2,1-4H3,(H,32,39). The number of esters is 3. The zero-order valence-corrected chi connectivity index (χ0v) is 25.0. The molecule has 0 spiro atoms. The highest BCUT2D eigenvalue weighted by Gasteiger charge is 2.52. The molecule has 1 aromatic carbocycles. The lowest BCUT2D eigenvalue weighted by atomic mass is 9.75. The third-order valence-corrected chi connectivity index (χ3v) is 8.23. The van der Waals surface area contributed by atoms with Crippen molar-refractivity contribution in [3.05, 3.63) is 35.9 Å². The highest BCUT2D eigenvalue weighted by Crippen LogP contribution is 2.38. The molecule has 13 heteroatoms. The van der Waals surface area contributed by atoms with Gasteiger partial charge in [0.15, 0.2) is 12.2 Å². The summed E-state index contributed by atoms with van der Waals surface area (Å²) >= 11 is 0. The van der Waals surface area contributed by atoms with E-state index in [1.165, 1.54) is 13.8 Å². The molecule has 2 saturated carbocycles. The minimum absolute atomic E-state index is 0.0538. The van der Waals surface area contributed by atoms with Crippen LogP contribution in [0.3, 0.4) is 0 Å². The van der Waals surface area contributed by atoms with Gasteiger partial charge >= 0.3 is 17.9 Å². The number of nitrogens with one attached hydrogen (secondary N) is 1. The van der Waals surface area contributed by atoms with Gasteiger partial charge in [-0.2, -0.15) is 0 Å². The molecule has 240 valence electrons. The Morgan fingerprint density at radius 3 is 2.16 bits per heavy atom. The summed E-state index contributed by atoms with van der Waals surface area (Å²) in [6.07, 6.45) is -6.02. The van der Waals surface area contributed by atoms with Crippen LogP contribution in [0, 0.1) is 17.8 Å². The number of aliphatic hydroxyl groups excluding tert-OH is 3. The molecular formula is C30H44N2O11. The van der Waals surface area contributed by atoms with Crippen LogP contribution in [0.25, 0.3) is 0 Å². The molecule has 11 atom stereocenters. The van der Waals surface area contributed by atoms with E-state index in [4.69, 9.17) is 24.7 Å². The van der Waals surface area contributed by atoms with Crippen LogP contribution in [0.5, 0.6) is 0 Å². The number of rotatable bonds is 11. The van der Waals surface area contributed by atoms with E-state index in [1.54, 1.807) is 6.92 Å². The summed E-state index contributed by atoms with van der Waals surface area (Å²) in [5.41, 5.74) is 7.06. The molecule has 2 aliphatic rings. The minimum atomic E-state index is -1.28. The van der Waals surface area contributed by atoms with Crippen molar-refractivity contribution in [2.75, 3.05) is 13.2 Å². The molecule has 0 bridgehead atoms. The minimum Gasteiger partial charge on any atom is -0.465 e. The van der Waals surface area contributed by atoms with E-state index in [1.807, 2.05) is 30.3 Å². The maximum absolute atomic E-state index is 13.3. The van der Waals surface area contributed by atoms with Gasteiger partial charge in [0.05, 0.1) is 49.7 Å². The van der Waals surface area contributed by atoms with Crippen molar-refractivity contribution in [3.63, 3.8) is 0 Å². The number of aliphatic hydroxyl groups is 3. The molecule has 11 unspecified atom stereocenters. The Kier molecular flexibility index (Phi) is 12.5. The van der Waals surface area contributed by atoms with Crippen LogP contribution < -0.4 is 11.1 Å². The number of benzene rings is 1. The van der Waals surface area contributed by atoms with E-state index >= 15 is 0 Å². The van der Waals surface area contributed by atoms with Gasteiger partial charge in [0, 0.05) is 44.9 Å². The molecule has 2 aliphatic carbocycles. The second-order valence-electron chi connectivity index (χ2n) is 11.5. The average Bonchev–Trinajstić information content (AvgIpc) is 2.94. The molecule has 43 heavy (non-hydrogen) atoms. The summed E-state index contributed by atoms with van der Waals surface area (Å²) in [6, 6.07) is 7.17. The monoisotopic (exact) mass is 608 g/mol. The van der Waals surface area contributed by atoms with E-state index in [2.05, 4.69) is 5.32 Å². The summed E-state index contributed by atoms with van der Waals surface area (Å²) < 4.78 is 22.9. The fraction of sp³-hybridized carbons (Fsp3) is 0.667. The van der Waals surface area contributed by atoms with E-state index in [0.717, 1.165) is 12.5 Å². The van der Waals surface area contributed by atoms with Crippen LogP contribution in [0.2, 0.25) is 0 Å². The lowest BCUT2D eigenvalue weighted by molar-refractivity contribution is -0.222. The van der Waals surface area contributed by atoms with Crippen LogP contribution in [-0.2, 0) is 44.5 Å². The van der Waals surface area contributed by atoms with Crippen molar-refractivity contribution in [2.45, 2.75) is 95.7 Å². The van der Waals surface area contributed by atoms with Crippen molar-refractivity contribution in [1.82, 2.24) is 5.32 Å². The number of carbonyl (C=O) groups is 4. The van der Waals surface area contributed by atoms with Gasteiger partial charge in [0.2, 0.25) is 5.91 Å². The Morgan fingerprint density at radius 2 is 1.58 bits per heavy atom. The molecule has 2 fully saturated rings. The second-order valence-corrected chi connectivity index (χ2v) is 11.5. The fourth-order valence-corrected chi connectivity index (χ4v) is 5.96. The Hall–Kier alpha value is -3.10. The summed E-state index contributed by atoms with van der Waals surface area (Å²) in [5.74, 6) is -4.55. The third-order valence-electron chi connectivity index (χ3n) is 8.23. The summed E-state index contributed by atoms with van der Waals surface area (Å²) in [6.45, 7) is 4.59. The van der Waals surface area contributed by atoms with Gasteiger partial charge in [0.25, 0.3) is 0 Å². The molecule has 0 aliphatic heterocycles. The average molecular weight is 609 g/mol. The molecule has 0 aromatic heterocycles. The number of hydrogen-bond acceptors (Lipinski definition) is 12. The fourth-order valence-electron chi connectivity index (χ4n) is 5.96. The van der Waals surface area contributed by atoms with E-state index in [-0.39, 0.29) is 25.9 Å². The topological polar surface area (TPSA) is 204 Å². The summed E-state index contributed by atoms with van der Waals surface area (Å²) in [5, 5.41) is 34.1. The Bertz CT molecular complexity index is 1100. The molecule has 1 aromatic rings. The van der Waals surface area contributed by atoms with Crippen molar-refractivity contribution < 1.29 is 53.4 Å². The third kappa shape index (κ3) is 9.19. The number of hydrogen-bond donors (Lipinski definition) is 5. The first-order valence-electron chi connectivity index (χ1n) is 14.5. The number of nitrogens with two attached hydrogens (primary N) is 1. The molecule has 0 saturated heterocycles. The van der Waals surface area contributed by atoms with Crippen molar-refractivity contribution in [2.24, 2.45) is 23.5 Å². The lowest BCUT2D eigenvalue weighted by Gasteiger charge is -2.48. The smallest absolute Gasteiger partial charge is 0.303 e. The summed E-state index contributed by atoms with van der Waals surface area (Å²) in [4.78, 5) is 49.7. The summed E-state index contributed by atoms with van der Waals surface area (Å²) in [7, 11) is 0. The van der Waals surface area contributed by atoms with Gasteiger partial charge < -0.3 is 45.3 Å². The highest BCUT2D eigenvalue weighted by atomic mass is 16.6. The normalized spacial score (nSPS) is 33.1. The zero-order valence-electron chi connectivity index (χ0n) is 25.0. The van der Waals surface area contributed by atoms with Gasteiger partial charge in [-0.3, -0.25) is 19.2 Å². The van der Waals surface area contributed by atoms with Crippen LogP contribution in [0.1, 0.15) is 46.1 Å². The van der Waals surface area contributed by atoms with Gasteiger partial charge in [-0.05, 0) is 18.4 Å².